The van der Waals surface area contributed by atoms with Crippen LogP contribution in [0.2, 0.25) is 5.02 Å². The number of thiophene rings is 1. The second-order valence-corrected chi connectivity index (χ2v) is 9.29. The molecule has 6 heteroatoms. The largest absolute Gasteiger partial charge is 0.457 e. The maximum Gasteiger partial charge on any atom is 0.256 e. The first-order valence-electron chi connectivity index (χ1n) is 9.58. The van der Waals surface area contributed by atoms with Gasteiger partial charge >= 0.3 is 0 Å². The zero-order valence-electron chi connectivity index (χ0n) is 15.8. The Bertz CT molecular complexity index is 1080. The van der Waals surface area contributed by atoms with E-state index in [-0.39, 0.29) is 12.1 Å². The van der Waals surface area contributed by atoms with E-state index in [0.717, 1.165) is 46.7 Å². The molecule has 28 heavy (non-hydrogen) atoms. The molecule has 2 aliphatic rings. The number of rotatable bonds is 2. The van der Waals surface area contributed by atoms with E-state index in [2.05, 4.69) is 17.6 Å². The molecule has 1 aliphatic heterocycles. The van der Waals surface area contributed by atoms with Crippen LogP contribution in [0.25, 0.3) is 11.3 Å². The molecule has 0 saturated carbocycles. The van der Waals surface area contributed by atoms with Crippen molar-refractivity contribution in [3.63, 3.8) is 0 Å². The quantitative estimate of drug-likeness (QED) is 0.546. The number of amides is 1. The Morgan fingerprint density at radius 3 is 2.89 bits per heavy atom. The Hall–Kier alpha value is -2.24. The molecule has 4 nitrogen and oxygen atoms in total. The van der Waals surface area contributed by atoms with Crippen LogP contribution in [0.4, 0.5) is 5.00 Å². The van der Waals surface area contributed by atoms with E-state index in [1.165, 1.54) is 10.4 Å². The first-order chi connectivity index (χ1) is 13.5. The molecule has 0 fully saturated rings. The van der Waals surface area contributed by atoms with E-state index in [1.54, 1.807) is 11.3 Å². The van der Waals surface area contributed by atoms with Gasteiger partial charge in [0.2, 0.25) is 0 Å². The lowest BCUT2D eigenvalue weighted by molar-refractivity contribution is 0.0930. The second-order valence-electron chi connectivity index (χ2n) is 7.77. The number of fused-ring (bicyclic) bond motifs is 3. The van der Waals surface area contributed by atoms with Gasteiger partial charge < -0.3 is 15.1 Å². The van der Waals surface area contributed by atoms with Crippen LogP contribution in [0, 0.1) is 12.8 Å². The molecule has 5 rings (SSSR count). The molecule has 3 heterocycles. The highest BCUT2D eigenvalue weighted by Crippen LogP contribution is 2.43. The van der Waals surface area contributed by atoms with E-state index in [4.69, 9.17) is 16.0 Å². The maximum atomic E-state index is 12.8. The van der Waals surface area contributed by atoms with Crippen LogP contribution in [-0.2, 0) is 12.8 Å². The lowest BCUT2D eigenvalue weighted by Gasteiger charge is -2.25. The first-order valence-corrected chi connectivity index (χ1v) is 10.8. The fourth-order valence-corrected chi connectivity index (χ4v) is 5.63. The Morgan fingerprint density at radius 2 is 2.07 bits per heavy atom. The number of hydrogen-bond donors (Lipinski definition) is 2. The summed E-state index contributed by atoms with van der Waals surface area (Å²) >= 11 is 7.96. The molecule has 1 aromatic carbocycles. The third-order valence-corrected chi connectivity index (χ3v) is 7.25. The standard InChI is InChI=1S/C22H21ClN2O2S/c1-11-3-6-14-18(9-11)28-22-19(14)21(26)24-20(25-22)17-8-7-16(27-17)13-5-4-12(2)15(23)10-13/h4-5,7-8,10-11,20,25H,3,6,9H2,1-2H3,(H,24,26). The van der Waals surface area contributed by atoms with Gasteiger partial charge in [-0.25, -0.2) is 0 Å². The molecule has 2 N–H and O–H groups in total. The van der Waals surface area contributed by atoms with Gasteiger partial charge in [0.15, 0.2) is 6.17 Å². The number of anilines is 1. The topological polar surface area (TPSA) is 54.3 Å². The minimum atomic E-state index is -0.368. The lowest BCUT2D eigenvalue weighted by atomic mass is 9.88. The van der Waals surface area contributed by atoms with E-state index in [0.29, 0.717) is 16.7 Å². The summed E-state index contributed by atoms with van der Waals surface area (Å²) in [6.45, 7) is 4.25. The van der Waals surface area contributed by atoms with Gasteiger partial charge in [-0.3, -0.25) is 4.79 Å². The van der Waals surface area contributed by atoms with E-state index >= 15 is 0 Å². The van der Waals surface area contributed by atoms with Gasteiger partial charge in [-0.1, -0.05) is 30.7 Å². The Labute approximate surface area is 172 Å². The molecule has 2 atom stereocenters. The van der Waals surface area contributed by atoms with Gasteiger partial charge in [0.25, 0.3) is 5.91 Å². The zero-order valence-corrected chi connectivity index (χ0v) is 17.3. The van der Waals surface area contributed by atoms with Crippen LogP contribution in [-0.4, -0.2) is 5.91 Å². The summed E-state index contributed by atoms with van der Waals surface area (Å²) in [4.78, 5) is 14.2. The molecule has 0 saturated heterocycles. The molecule has 0 radical (unpaired) electrons. The highest BCUT2D eigenvalue weighted by atomic mass is 35.5. The third-order valence-electron chi connectivity index (χ3n) is 5.66. The number of carbonyl (C=O) groups is 1. The molecule has 1 amide bonds. The van der Waals surface area contributed by atoms with E-state index in [9.17, 15) is 4.79 Å². The molecule has 1 aliphatic carbocycles. The summed E-state index contributed by atoms with van der Waals surface area (Å²) in [5, 5.41) is 8.20. The van der Waals surface area contributed by atoms with Crippen LogP contribution in [0.3, 0.4) is 0 Å². The SMILES string of the molecule is Cc1ccc(-c2ccc(C3NC(=O)c4c(sc5c4CCC(C)C5)N3)o2)cc1Cl. The monoisotopic (exact) mass is 412 g/mol. The van der Waals surface area contributed by atoms with Crippen molar-refractivity contribution in [3.8, 4) is 11.3 Å². The Kier molecular flexibility index (Phi) is 4.25. The summed E-state index contributed by atoms with van der Waals surface area (Å²) in [5.41, 5.74) is 4.02. The van der Waals surface area contributed by atoms with Gasteiger partial charge in [0.1, 0.15) is 16.5 Å². The van der Waals surface area contributed by atoms with Crippen LogP contribution in [0.1, 0.15) is 51.6 Å². The van der Waals surface area contributed by atoms with Crippen molar-refractivity contribution < 1.29 is 9.21 Å². The number of halogens is 1. The normalized spacial score (nSPS) is 20.9. The molecule has 3 aromatic rings. The summed E-state index contributed by atoms with van der Waals surface area (Å²) in [5.74, 6) is 2.09. The van der Waals surface area contributed by atoms with Crippen LogP contribution >= 0.6 is 22.9 Å². The summed E-state index contributed by atoms with van der Waals surface area (Å²) < 4.78 is 6.06. The summed E-state index contributed by atoms with van der Waals surface area (Å²) in [6.07, 6.45) is 2.83. The van der Waals surface area contributed by atoms with Crippen LogP contribution in [0.15, 0.2) is 34.7 Å². The highest BCUT2D eigenvalue weighted by molar-refractivity contribution is 7.16. The van der Waals surface area contributed by atoms with Crippen molar-refractivity contribution in [3.05, 3.63) is 62.7 Å². The minimum Gasteiger partial charge on any atom is -0.457 e. The van der Waals surface area contributed by atoms with Gasteiger partial charge in [0.05, 0.1) is 5.56 Å². The highest BCUT2D eigenvalue weighted by Gasteiger charge is 2.34. The van der Waals surface area contributed by atoms with Crippen molar-refractivity contribution in [2.24, 2.45) is 5.92 Å². The lowest BCUT2D eigenvalue weighted by Crippen LogP contribution is -2.38. The number of benzene rings is 1. The number of aryl methyl sites for hydroxylation is 1. The van der Waals surface area contributed by atoms with Crippen molar-refractivity contribution in [2.45, 2.75) is 39.3 Å². The van der Waals surface area contributed by atoms with E-state index in [1.807, 2.05) is 37.3 Å². The van der Waals surface area contributed by atoms with Gasteiger partial charge in [-0.15, -0.1) is 11.3 Å². The van der Waals surface area contributed by atoms with Crippen LogP contribution < -0.4 is 10.6 Å². The van der Waals surface area contributed by atoms with E-state index < -0.39 is 0 Å². The maximum absolute atomic E-state index is 12.8. The molecule has 2 unspecified atom stereocenters. The zero-order chi connectivity index (χ0) is 19.4. The average molecular weight is 413 g/mol. The number of carbonyl (C=O) groups excluding carboxylic acids is 1. The Morgan fingerprint density at radius 1 is 1.21 bits per heavy atom. The summed E-state index contributed by atoms with van der Waals surface area (Å²) in [6, 6.07) is 9.69. The van der Waals surface area contributed by atoms with Crippen molar-refractivity contribution in [2.75, 3.05) is 5.32 Å². The van der Waals surface area contributed by atoms with Crippen LogP contribution in [0.5, 0.6) is 0 Å². The third kappa shape index (κ3) is 2.93. The molecular formula is C22H21ClN2O2S. The number of hydrogen-bond acceptors (Lipinski definition) is 4. The predicted molar refractivity (Wildman–Crippen MR) is 113 cm³/mol. The fourth-order valence-electron chi connectivity index (χ4n) is 4.01. The van der Waals surface area contributed by atoms with Gasteiger partial charge in [0, 0.05) is 15.5 Å². The molecule has 2 aromatic heterocycles. The number of furan rings is 1. The molecule has 0 bridgehead atoms. The van der Waals surface area contributed by atoms with Gasteiger partial charge in [-0.05, 0) is 61.4 Å². The molecular weight excluding hydrogens is 392 g/mol. The molecule has 0 spiro atoms. The second kappa shape index (κ2) is 6.68. The Balaban J connectivity index is 1.44. The fraction of sp³-hybridized carbons (Fsp3) is 0.318. The van der Waals surface area contributed by atoms with Crippen molar-refractivity contribution >= 4 is 33.8 Å². The summed E-state index contributed by atoms with van der Waals surface area (Å²) in [7, 11) is 0. The minimum absolute atomic E-state index is 0.0119. The molecule has 144 valence electrons. The predicted octanol–water partition coefficient (Wildman–Crippen LogP) is 5.95. The van der Waals surface area contributed by atoms with Crippen molar-refractivity contribution in [1.29, 1.82) is 0 Å². The van der Waals surface area contributed by atoms with Crippen molar-refractivity contribution in [1.82, 2.24) is 5.32 Å². The average Bonchev–Trinajstić information content (AvgIpc) is 3.28. The van der Waals surface area contributed by atoms with Gasteiger partial charge in [-0.2, -0.15) is 0 Å². The number of nitrogens with one attached hydrogen (secondary N) is 2. The smallest absolute Gasteiger partial charge is 0.256 e. The first kappa shape index (κ1) is 17.8.